The first-order valence-electron chi connectivity index (χ1n) is 3.86. The van der Waals surface area contributed by atoms with Gasteiger partial charge in [-0.3, -0.25) is 0 Å². The van der Waals surface area contributed by atoms with E-state index in [9.17, 15) is 8.42 Å². The molecule has 6 heteroatoms. The molecule has 0 aromatic heterocycles. The molecule has 0 aliphatic heterocycles. The molecule has 80 valence electrons. The summed E-state index contributed by atoms with van der Waals surface area (Å²) >= 11 is 8.91. The Morgan fingerprint density at radius 2 is 2.20 bits per heavy atom. The highest BCUT2D eigenvalue weighted by atomic mass is 79.9. The molecule has 0 aliphatic rings. The molecule has 0 bridgehead atoms. The van der Waals surface area contributed by atoms with Gasteiger partial charge in [-0.25, -0.2) is 8.42 Å². The third-order valence-corrected chi connectivity index (χ3v) is 4.40. The minimum absolute atomic E-state index is 0.00177. The second kappa shape index (κ2) is 4.99. The molecule has 15 heavy (non-hydrogen) atoms. The molecule has 0 aliphatic carbocycles. The van der Waals surface area contributed by atoms with E-state index in [-0.39, 0.29) is 16.5 Å². The number of halogens is 2. The first-order valence-corrected chi connectivity index (χ1v) is 6.51. The summed E-state index contributed by atoms with van der Waals surface area (Å²) in [5, 5.41) is 0.147. The molecular formula is C9H7BrClNO2S. The fourth-order valence-electron chi connectivity index (χ4n) is 0.948. The second-order valence-electron chi connectivity index (χ2n) is 2.58. The van der Waals surface area contributed by atoms with Crippen molar-refractivity contribution in [2.45, 2.75) is 4.90 Å². The molecule has 1 aromatic carbocycles. The molecule has 0 fully saturated rings. The van der Waals surface area contributed by atoms with E-state index in [1.807, 2.05) is 0 Å². The number of hydrogen-bond donors (Lipinski definition) is 1. The Morgan fingerprint density at radius 1 is 1.53 bits per heavy atom. The van der Waals surface area contributed by atoms with Crippen molar-refractivity contribution in [2.24, 2.45) is 0 Å². The number of rotatable bonds is 3. The van der Waals surface area contributed by atoms with Crippen LogP contribution in [-0.2, 0) is 10.0 Å². The van der Waals surface area contributed by atoms with Crippen LogP contribution in [-0.4, -0.2) is 15.0 Å². The lowest BCUT2D eigenvalue weighted by atomic mass is 10.4. The maximum Gasteiger partial charge on any atom is 0.244 e. The number of benzene rings is 1. The minimum atomic E-state index is -3.66. The van der Waals surface area contributed by atoms with Crippen molar-refractivity contribution >= 4 is 37.6 Å². The predicted molar refractivity (Wildman–Crippen MR) is 63.2 cm³/mol. The highest BCUT2D eigenvalue weighted by Crippen LogP contribution is 2.28. The summed E-state index contributed by atoms with van der Waals surface area (Å²) in [6.07, 6.45) is 4.97. The SMILES string of the molecule is C#CCNS(=O)(=O)c1c(Cl)cccc1Br. The molecule has 1 aromatic rings. The van der Waals surface area contributed by atoms with Gasteiger partial charge in [0.15, 0.2) is 0 Å². The molecule has 1 rings (SSSR count). The van der Waals surface area contributed by atoms with Crippen LogP contribution in [0.2, 0.25) is 5.02 Å². The minimum Gasteiger partial charge on any atom is -0.207 e. The molecule has 0 saturated heterocycles. The van der Waals surface area contributed by atoms with Crippen LogP contribution >= 0.6 is 27.5 Å². The summed E-state index contributed by atoms with van der Waals surface area (Å²) in [6, 6.07) is 4.74. The molecule has 0 saturated carbocycles. The number of hydrogen-bond acceptors (Lipinski definition) is 2. The second-order valence-corrected chi connectivity index (χ2v) is 5.54. The van der Waals surface area contributed by atoms with Gasteiger partial charge in [0.2, 0.25) is 10.0 Å². The Hall–Kier alpha value is -0.540. The van der Waals surface area contributed by atoms with Gasteiger partial charge in [0.05, 0.1) is 11.6 Å². The lowest BCUT2D eigenvalue weighted by Crippen LogP contribution is -2.24. The summed E-state index contributed by atoms with van der Waals surface area (Å²) in [7, 11) is -3.66. The summed E-state index contributed by atoms with van der Waals surface area (Å²) in [4.78, 5) is 0.00177. The Balaban J connectivity index is 3.22. The van der Waals surface area contributed by atoms with E-state index in [1.54, 1.807) is 12.1 Å². The predicted octanol–water partition coefficient (Wildman–Crippen LogP) is 2.01. The van der Waals surface area contributed by atoms with Crippen LogP contribution < -0.4 is 4.72 Å². The van der Waals surface area contributed by atoms with Gasteiger partial charge < -0.3 is 0 Å². The lowest BCUT2D eigenvalue weighted by Gasteiger charge is -2.07. The molecule has 3 nitrogen and oxygen atoms in total. The zero-order valence-electron chi connectivity index (χ0n) is 7.50. The normalized spacial score (nSPS) is 11.0. The Bertz CT molecular complexity index is 487. The van der Waals surface area contributed by atoms with Crippen molar-refractivity contribution in [2.75, 3.05) is 6.54 Å². The fraction of sp³-hybridized carbons (Fsp3) is 0.111. The Labute approximate surface area is 102 Å². The molecule has 1 N–H and O–H groups in total. The van der Waals surface area contributed by atoms with E-state index in [0.29, 0.717) is 4.47 Å². The van der Waals surface area contributed by atoms with Crippen LogP contribution in [0.4, 0.5) is 0 Å². The van der Waals surface area contributed by atoms with Gasteiger partial charge in [0.1, 0.15) is 4.90 Å². The first kappa shape index (κ1) is 12.5. The van der Waals surface area contributed by atoms with Crippen molar-refractivity contribution in [3.63, 3.8) is 0 Å². The summed E-state index contributed by atoms with van der Waals surface area (Å²) in [5.74, 6) is 2.18. The van der Waals surface area contributed by atoms with Gasteiger partial charge in [-0.1, -0.05) is 23.6 Å². The summed E-state index contributed by atoms with van der Waals surface area (Å²) in [6.45, 7) is -0.0694. The van der Waals surface area contributed by atoms with Gasteiger partial charge in [-0.15, -0.1) is 6.42 Å². The quantitative estimate of drug-likeness (QED) is 0.868. The Morgan fingerprint density at radius 3 is 2.73 bits per heavy atom. The highest BCUT2D eigenvalue weighted by molar-refractivity contribution is 9.10. The molecular weight excluding hydrogens is 302 g/mol. The van der Waals surface area contributed by atoms with Crippen molar-refractivity contribution in [3.05, 3.63) is 27.7 Å². The van der Waals surface area contributed by atoms with E-state index in [1.165, 1.54) is 6.07 Å². The fourth-order valence-corrected chi connectivity index (χ4v) is 3.61. The third kappa shape index (κ3) is 2.95. The van der Waals surface area contributed by atoms with Crippen LogP contribution in [0.5, 0.6) is 0 Å². The molecule has 0 radical (unpaired) electrons. The van der Waals surface area contributed by atoms with Gasteiger partial charge in [-0.05, 0) is 28.1 Å². The summed E-state index contributed by atoms with van der Waals surface area (Å²) < 4.78 is 26.1. The number of sulfonamides is 1. The van der Waals surface area contributed by atoms with Crippen molar-refractivity contribution in [3.8, 4) is 12.3 Å². The van der Waals surface area contributed by atoms with Crippen molar-refractivity contribution < 1.29 is 8.42 Å². The van der Waals surface area contributed by atoms with E-state index >= 15 is 0 Å². The Kier molecular flexibility index (Phi) is 4.17. The maximum absolute atomic E-state index is 11.7. The monoisotopic (exact) mass is 307 g/mol. The molecule has 0 atom stereocenters. The van der Waals surface area contributed by atoms with Gasteiger partial charge in [0, 0.05) is 4.47 Å². The molecule has 0 heterocycles. The largest absolute Gasteiger partial charge is 0.244 e. The van der Waals surface area contributed by atoms with Crippen LogP contribution in [0.1, 0.15) is 0 Å². The van der Waals surface area contributed by atoms with E-state index in [4.69, 9.17) is 18.0 Å². The van der Waals surface area contributed by atoms with Crippen LogP contribution in [0, 0.1) is 12.3 Å². The highest BCUT2D eigenvalue weighted by Gasteiger charge is 2.19. The smallest absolute Gasteiger partial charge is 0.207 e. The zero-order chi connectivity index (χ0) is 11.5. The number of terminal acetylenes is 1. The summed E-state index contributed by atoms with van der Waals surface area (Å²) in [5.41, 5.74) is 0. The van der Waals surface area contributed by atoms with Crippen LogP contribution in [0.3, 0.4) is 0 Å². The average molecular weight is 309 g/mol. The number of nitrogens with one attached hydrogen (secondary N) is 1. The maximum atomic E-state index is 11.7. The van der Waals surface area contributed by atoms with Crippen LogP contribution in [0.25, 0.3) is 0 Å². The van der Waals surface area contributed by atoms with E-state index < -0.39 is 10.0 Å². The molecule has 0 spiro atoms. The van der Waals surface area contributed by atoms with Crippen LogP contribution in [0.15, 0.2) is 27.6 Å². The van der Waals surface area contributed by atoms with Crippen molar-refractivity contribution in [1.29, 1.82) is 0 Å². The van der Waals surface area contributed by atoms with Crippen molar-refractivity contribution in [1.82, 2.24) is 4.72 Å². The third-order valence-electron chi connectivity index (χ3n) is 1.55. The molecule has 0 amide bonds. The topological polar surface area (TPSA) is 46.2 Å². The van der Waals surface area contributed by atoms with E-state index in [0.717, 1.165) is 0 Å². The standard InChI is InChI=1S/C9H7BrClNO2S/c1-2-6-12-15(13,14)9-7(10)4-3-5-8(9)11/h1,3-5,12H,6H2. The zero-order valence-corrected chi connectivity index (χ0v) is 10.7. The van der Waals surface area contributed by atoms with Gasteiger partial charge in [-0.2, -0.15) is 4.72 Å². The van der Waals surface area contributed by atoms with Gasteiger partial charge >= 0.3 is 0 Å². The first-order chi connectivity index (χ1) is 6.99. The van der Waals surface area contributed by atoms with Gasteiger partial charge in [0.25, 0.3) is 0 Å². The average Bonchev–Trinajstić information content (AvgIpc) is 2.14. The van der Waals surface area contributed by atoms with E-state index in [2.05, 4.69) is 26.6 Å². The lowest BCUT2D eigenvalue weighted by molar-refractivity contribution is 0.585. The molecule has 0 unspecified atom stereocenters.